The van der Waals surface area contributed by atoms with E-state index in [-0.39, 0.29) is 5.30 Å². The molecule has 0 aliphatic carbocycles. The fourth-order valence-corrected chi connectivity index (χ4v) is 0.877. The molecule has 0 spiro atoms. The Balaban J connectivity index is 3.46. The molecule has 1 atom stereocenters. The van der Waals surface area contributed by atoms with Crippen LogP contribution in [0.5, 0.6) is 5.75 Å². The molecule has 0 radical (unpaired) electrons. The van der Waals surface area contributed by atoms with Crippen molar-refractivity contribution in [3.63, 3.8) is 0 Å². The lowest BCUT2D eigenvalue weighted by Gasteiger charge is -2.00. The molecule has 0 aromatic heterocycles. The molecule has 0 fully saturated rings. The van der Waals surface area contributed by atoms with Crippen molar-refractivity contribution < 1.29 is 18.3 Å². The van der Waals surface area contributed by atoms with E-state index in [2.05, 4.69) is 0 Å². The number of phenolic OH excluding ortho intramolecular Hbond substituents is 1. The van der Waals surface area contributed by atoms with Crippen molar-refractivity contribution in [3.8, 4) is 5.75 Å². The van der Waals surface area contributed by atoms with Crippen molar-refractivity contribution in [1.29, 1.82) is 0 Å². The van der Waals surface area contributed by atoms with E-state index in [1.807, 2.05) is 9.24 Å². The Hall–Kier alpha value is -0.760. The lowest BCUT2D eigenvalue weighted by Crippen LogP contribution is -2.03. The summed E-state index contributed by atoms with van der Waals surface area (Å²) >= 11 is 0. The number of rotatable bonds is 0. The average molecular weight is 180 g/mol. The fraction of sp³-hybridized carbons (Fsp3) is 0. The van der Waals surface area contributed by atoms with Crippen LogP contribution >= 0.6 is 9.24 Å². The molecule has 0 amide bonds. The normalized spacial score (nSPS) is 10.2. The first kappa shape index (κ1) is 8.34. The quantitative estimate of drug-likeness (QED) is 0.471. The van der Waals surface area contributed by atoms with Gasteiger partial charge in [0.2, 0.25) is 5.82 Å². The molecule has 60 valence electrons. The van der Waals surface area contributed by atoms with Crippen molar-refractivity contribution in [1.82, 2.24) is 0 Å². The van der Waals surface area contributed by atoms with E-state index >= 15 is 0 Å². The Morgan fingerprint density at radius 2 is 1.73 bits per heavy atom. The van der Waals surface area contributed by atoms with E-state index in [1.165, 1.54) is 0 Å². The molecular formula is C6H4F3OP. The predicted molar refractivity (Wildman–Crippen MR) is 37.3 cm³/mol. The molecule has 0 heterocycles. The van der Waals surface area contributed by atoms with Crippen LogP contribution in [-0.4, -0.2) is 5.11 Å². The zero-order chi connectivity index (χ0) is 8.59. The van der Waals surface area contributed by atoms with Crippen LogP contribution in [0.4, 0.5) is 13.2 Å². The minimum Gasteiger partial charge on any atom is -0.503 e. The Morgan fingerprint density at radius 3 is 2.27 bits per heavy atom. The summed E-state index contributed by atoms with van der Waals surface area (Å²) in [5.74, 6) is -5.27. The Morgan fingerprint density at radius 1 is 1.18 bits per heavy atom. The highest BCUT2D eigenvalue weighted by Gasteiger charge is 2.15. The van der Waals surface area contributed by atoms with Crippen LogP contribution in [0.15, 0.2) is 6.07 Å². The summed E-state index contributed by atoms with van der Waals surface area (Å²) < 4.78 is 37.2. The molecule has 0 aliphatic rings. The van der Waals surface area contributed by atoms with Gasteiger partial charge < -0.3 is 5.11 Å². The Bertz CT molecular complexity index is 274. The van der Waals surface area contributed by atoms with Crippen molar-refractivity contribution in [3.05, 3.63) is 23.5 Å². The molecule has 0 saturated heterocycles. The third-order valence-corrected chi connectivity index (χ3v) is 1.58. The highest BCUT2D eigenvalue weighted by molar-refractivity contribution is 7.27. The highest BCUT2D eigenvalue weighted by atomic mass is 31.0. The van der Waals surface area contributed by atoms with E-state index in [4.69, 9.17) is 5.11 Å². The van der Waals surface area contributed by atoms with Crippen LogP contribution in [-0.2, 0) is 0 Å². The molecule has 1 N–H and O–H groups in total. The predicted octanol–water partition coefficient (Wildman–Crippen LogP) is 1.31. The summed E-state index contributed by atoms with van der Waals surface area (Å²) in [4.78, 5) is 0. The molecule has 0 saturated carbocycles. The maximum atomic E-state index is 12.4. The third-order valence-electron chi connectivity index (χ3n) is 1.16. The largest absolute Gasteiger partial charge is 0.503 e. The monoisotopic (exact) mass is 180 g/mol. The first-order chi connectivity index (χ1) is 5.04. The van der Waals surface area contributed by atoms with Crippen molar-refractivity contribution in [2.75, 3.05) is 0 Å². The number of hydrogen-bond acceptors (Lipinski definition) is 1. The number of aromatic hydroxyl groups is 1. The summed E-state index contributed by atoms with van der Waals surface area (Å²) in [6.45, 7) is 0. The Kier molecular flexibility index (Phi) is 2.05. The molecule has 1 aromatic rings. The van der Waals surface area contributed by atoms with Crippen molar-refractivity contribution in [2.45, 2.75) is 0 Å². The molecule has 11 heavy (non-hydrogen) atoms. The molecule has 1 aromatic carbocycles. The van der Waals surface area contributed by atoms with Gasteiger partial charge in [-0.05, 0) is 6.07 Å². The maximum Gasteiger partial charge on any atom is 0.204 e. The summed E-state index contributed by atoms with van der Waals surface area (Å²) in [5.41, 5.74) is 0. The van der Waals surface area contributed by atoms with E-state index in [0.29, 0.717) is 6.07 Å². The SMILES string of the molecule is Oc1c(F)cc(P)c(F)c1F. The van der Waals surface area contributed by atoms with Crippen LogP contribution in [0.3, 0.4) is 0 Å². The number of benzene rings is 1. The van der Waals surface area contributed by atoms with Gasteiger partial charge in [0.25, 0.3) is 0 Å². The van der Waals surface area contributed by atoms with Gasteiger partial charge in [-0.2, -0.15) is 4.39 Å². The van der Waals surface area contributed by atoms with Gasteiger partial charge >= 0.3 is 0 Å². The second kappa shape index (κ2) is 2.70. The fourth-order valence-electron chi connectivity index (χ4n) is 0.604. The number of hydrogen-bond donors (Lipinski definition) is 1. The van der Waals surface area contributed by atoms with Crippen molar-refractivity contribution in [2.24, 2.45) is 0 Å². The molecule has 1 unspecified atom stereocenters. The van der Waals surface area contributed by atoms with Gasteiger partial charge in [-0.15, -0.1) is 9.24 Å². The second-order valence-corrected chi connectivity index (χ2v) is 2.55. The third kappa shape index (κ3) is 1.31. The number of halogens is 3. The standard InChI is InChI=1S/C6H4F3OP/c7-2-1-3(11)4(8)5(9)6(2)10/h1,10H,11H2. The first-order valence-corrected chi connectivity index (χ1v) is 3.23. The highest BCUT2D eigenvalue weighted by Crippen LogP contribution is 2.21. The molecular weight excluding hydrogens is 176 g/mol. The zero-order valence-corrected chi connectivity index (χ0v) is 6.39. The molecule has 5 heteroatoms. The van der Waals surface area contributed by atoms with Gasteiger partial charge in [-0.3, -0.25) is 0 Å². The summed E-state index contributed by atoms with van der Waals surface area (Å²) in [5, 5.41) is 8.26. The molecule has 0 aliphatic heterocycles. The van der Waals surface area contributed by atoms with E-state index in [0.717, 1.165) is 0 Å². The van der Waals surface area contributed by atoms with Gasteiger partial charge in [0.1, 0.15) is 0 Å². The smallest absolute Gasteiger partial charge is 0.204 e. The minimum atomic E-state index is -1.56. The first-order valence-electron chi connectivity index (χ1n) is 2.66. The van der Waals surface area contributed by atoms with E-state index in [1.54, 1.807) is 0 Å². The van der Waals surface area contributed by atoms with Crippen LogP contribution in [0, 0.1) is 17.5 Å². The molecule has 0 bridgehead atoms. The Labute approximate surface area is 63.1 Å². The topological polar surface area (TPSA) is 20.2 Å². The van der Waals surface area contributed by atoms with Crippen LogP contribution < -0.4 is 5.30 Å². The van der Waals surface area contributed by atoms with Gasteiger partial charge in [-0.1, -0.05) is 0 Å². The van der Waals surface area contributed by atoms with Gasteiger partial charge in [0.15, 0.2) is 17.4 Å². The average Bonchev–Trinajstić information content (AvgIpc) is 1.97. The summed E-state index contributed by atoms with van der Waals surface area (Å²) in [7, 11) is 1.81. The summed E-state index contributed by atoms with van der Waals surface area (Å²) in [6.07, 6.45) is 0. The van der Waals surface area contributed by atoms with Gasteiger partial charge in [-0.25, -0.2) is 8.78 Å². The summed E-state index contributed by atoms with van der Waals surface area (Å²) in [6, 6.07) is 0.693. The van der Waals surface area contributed by atoms with E-state index in [9.17, 15) is 13.2 Å². The van der Waals surface area contributed by atoms with Gasteiger partial charge in [0, 0.05) is 5.30 Å². The second-order valence-electron chi connectivity index (χ2n) is 1.92. The minimum absolute atomic E-state index is 0.252. The van der Waals surface area contributed by atoms with Crippen LogP contribution in [0.2, 0.25) is 0 Å². The lowest BCUT2D eigenvalue weighted by atomic mass is 10.3. The zero-order valence-electron chi connectivity index (χ0n) is 5.24. The van der Waals surface area contributed by atoms with Crippen LogP contribution in [0.25, 0.3) is 0 Å². The molecule has 1 nitrogen and oxygen atoms in total. The maximum absolute atomic E-state index is 12.4. The number of phenols is 1. The van der Waals surface area contributed by atoms with Crippen molar-refractivity contribution >= 4 is 14.5 Å². The lowest BCUT2D eigenvalue weighted by molar-refractivity contribution is 0.378. The molecule has 1 rings (SSSR count). The van der Waals surface area contributed by atoms with E-state index < -0.39 is 23.2 Å². The van der Waals surface area contributed by atoms with Gasteiger partial charge in [0.05, 0.1) is 0 Å². The van der Waals surface area contributed by atoms with Crippen LogP contribution in [0.1, 0.15) is 0 Å².